The quantitative estimate of drug-likeness (QED) is 0.569. The summed E-state index contributed by atoms with van der Waals surface area (Å²) in [4.78, 5) is 23.6. The smallest absolute Gasteiger partial charge is 0.309 e. The fourth-order valence-electron chi connectivity index (χ4n) is 3.12. The molecule has 2 rings (SSSR count). The highest BCUT2D eigenvalue weighted by atomic mass is 32.2. The molecule has 7 nitrogen and oxygen atoms in total. The van der Waals surface area contributed by atoms with E-state index in [1.54, 1.807) is 24.3 Å². The van der Waals surface area contributed by atoms with Crippen LogP contribution in [0.2, 0.25) is 0 Å². The molecule has 0 aliphatic heterocycles. The van der Waals surface area contributed by atoms with E-state index in [0.717, 1.165) is 31.2 Å². The van der Waals surface area contributed by atoms with Crippen molar-refractivity contribution in [2.24, 2.45) is 5.92 Å². The van der Waals surface area contributed by atoms with Crippen LogP contribution in [0.5, 0.6) is 0 Å². The summed E-state index contributed by atoms with van der Waals surface area (Å²) < 4.78 is 27.8. The van der Waals surface area contributed by atoms with Crippen LogP contribution >= 0.6 is 0 Å². The van der Waals surface area contributed by atoms with E-state index in [2.05, 4.69) is 15.4 Å². The van der Waals surface area contributed by atoms with Gasteiger partial charge in [-0.2, -0.15) is 0 Å². The second-order valence-corrected chi connectivity index (χ2v) is 9.42. The normalized spacial score (nSPS) is 15.4. The Morgan fingerprint density at radius 2 is 1.61 bits per heavy atom. The number of sulfonamides is 1. The topological polar surface area (TPSA) is 104 Å². The van der Waals surface area contributed by atoms with Gasteiger partial charge in [-0.1, -0.05) is 45.2 Å². The average molecular weight is 410 g/mol. The third-order valence-electron chi connectivity index (χ3n) is 4.74. The number of carbonyl (C=O) groups is 2. The minimum atomic E-state index is -3.51. The predicted molar refractivity (Wildman–Crippen MR) is 108 cm³/mol. The van der Waals surface area contributed by atoms with Crippen LogP contribution in [-0.2, 0) is 26.0 Å². The van der Waals surface area contributed by atoms with Gasteiger partial charge in [0.15, 0.2) is 0 Å². The molecule has 0 radical (unpaired) electrons. The summed E-state index contributed by atoms with van der Waals surface area (Å²) in [5.41, 5.74) is 0.888. The van der Waals surface area contributed by atoms with Crippen molar-refractivity contribution in [3.05, 3.63) is 29.8 Å². The van der Waals surface area contributed by atoms with Gasteiger partial charge in [0.1, 0.15) is 0 Å². The predicted octanol–water partition coefficient (Wildman–Crippen LogP) is 1.73. The molecule has 1 aromatic carbocycles. The zero-order valence-corrected chi connectivity index (χ0v) is 17.5. The highest BCUT2D eigenvalue weighted by Gasteiger charge is 2.21. The number of benzene rings is 1. The largest absolute Gasteiger partial charge is 0.348 e. The zero-order valence-electron chi connectivity index (χ0n) is 16.7. The number of hydrogen-bond donors (Lipinski definition) is 3. The highest BCUT2D eigenvalue weighted by Crippen LogP contribution is 2.20. The molecule has 0 bridgehead atoms. The monoisotopic (exact) mass is 409 g/mol. The van der Waals surface area contributed by atoms with Crippen LogP contribution < -0.4 is 15.4 Å². The van der Waals surface area contributed by atoms with E-state index >= 15 is 0 Å². The van der Waals surface area contributed by atoms with Crippen molar-refractivity contribution in [3.63, 3.8) is 0 Å². The van der Waals surface area contributed by atoms with Crippen LogP contribution in [0.15, 0.2) is 29.2 Å². The van der Waals surface area contributed by atoms with E-state index in [9.17, 15) is 18.0 Å². The van der Waals surface area contributed by atoms with Gasteiger partial charge in [0.2, 0.25) is 10.0 Å². The first-order valence-corrected chi connectivity index (χ1v) is 11.4. The lowest BCUT2D eigenvalue weighted by Crippen LogP contribution is -2.41. The zero-order chi connectivity index (χ0) is 20.6. The Morgan fingerprint density at radius 3 is 2.21 bits per heavy atom. The van der Waals surface area contributed by atoms with Crippen molar-refractivity contribution in [2.45, 2.75) is 63.3 Å². The van der Waals surface area contributed by atoms with Gasteiger partial charge in [-0.15, -0.1) is 0 Å². The molecule has 156 valence electrons. The summed E-state index contributed by atoms with van der Waals surface area (Å²) in [7, 11) is -3.51. The molecule has 3 N–H and O–H groups in total. The van der Waals surface area contributed by atoms with Crippen LogP contribution in [0.1, 0.15) is 51.5 Å². The Morgan fingerprint density at radius 1 is 1.00 bits per heavy atom. The maximum Gasteiger partial charge on any atom is 0.309 e. The minimum absolute atomic E-state index is 0.0236. The van der Waals surface area contributed by atoms with Crippen molar-refractivity contribution in [1.82, 2.24) is 15.4 Å². The third kappa shape index (κ3) is 7.24. The Hall–Kier alpha value is -1.93. The van der Waals surface area contributed by atoms with Gasteiger partial charge in [0.05, 0.1) is 4.90 Å². The van der Waals surface area contributed by atoms with Crippen LogP contribution in [0, 0.1) is 5.92 Å². The second-order valence-electron chi connectivity index (χ2n) is 7.71. The van der Waals surface area contributed by atoms with E-state index in [0.29, 0.717) is 19.5 Å². The van der Waals surface area contributed by atoms with Crippen molar-refractivity contribution in [3.8, 4) is 0 Å². The molecular weight excluding hydrogens is 378 g/mol. The van der Waals surface area contributed by atoms with Crippen molar-refractivity contribution in [2.75, 3.05) is 13.1 Å². The van der Waals surface area contributed by atoms with Gasteiger partial charge in [-0.25, -0.2) is 13.1 Å². The standard InChI is InChI=1S/C20H31N3O4S/c1-15(2)14-22-20(25)19(24)21-13-12-16-8-10-18(11-9-16)28(26,27)23-17-6-4-3-5-7-17/h8-11,15,17,23H,3-7,12-14H2,1-2H3,(H,21,24)(H,22,25). The molecule has 28 heavy (non-hydrogen) atoms. The van der Waals surface area contributed by atoms with Crippen LogP contribution in [-0.4, -0.2) is 39.4 Å². The lowest BCUT2D eigenvalue weighted by atomic mass is 9.96. The van der Waals surface area contributed by atoms with Crippen LogP contribution in [0.3, 0.4) is 0 Å². The Bertz CT molecular complexity index is 754. The molecule has 0 saturated heterocycles. The highest BCUT2D eigenvalue weighted by molar-refractivity contribution is 7.89. The van der Waals surface area contributed by atoms with Crippen LogP contribution in [0.4, 0.5) is 0 Å². The van der Waals surface area contributed by atoms with Crippen molar-refractivity contribution < 1.29 is 18.0 Å². The molecule has 0 atom stereocenters. The second kappa shape index (κ2) is 10.6. The fraction of sp³-hybridized carbons (Fsp3) is 0.600. The van der Waals surface area contributed by atoms with E-state index in [1.807, 2.05) is 13.8 Å². The van der Waals surface area contributed by atoms with E-state index in [1.165, 1.54) is 6.42 Å². The summed E-state index contributed by atoms with van der Waals surface area (Å²) >= 11 is 0. The van der Waals surface area contributed by atoms with E-state index in [-0.39, 0.29) is 16.9 Å². The molecule has 1 aliphatic carbocycles. The molecule has 0 heterocycles. The first-order valence-electron chi connectivity index (χ1n) is 9.95. The van der Waals surface area contributed by atoms with Crippen molar-refractivity contribution >= 4 is 21.8 Å². The number of nitrogens with one attached hydrogen (secondary N) is 3. The molecule has 1 fully saturated rings. The molecule has 0 spiro atoms. The molecule has 1 aromatic rings. The average Bonchev–Trinajstić information content (AvgIpc) is 2.66. The third-order valence-corrected chi connectivity index (χ3v) is 6.27. The van der Waals surface area contributed by atoms with Gasteiger partial charge in [-0.05, 0) is 42.9 Å². The summed E-state index contributed by atoms with van der Waals surface area (Å²) in [6, 6.07) is 6.66. The van der Waals surface area contributed by atoms with Crippen molar-refractivity contribution in [1.29, 1.82) is 0 Å². The minimum Gasteiger partial charge on any atom is -0.348 e. The lowest BCUT2D eigenvalue weighted by molar-refractivity contribution is -0.139. The summed E-state index contributed by atoms with van der Waals surface area (Å²) in [6.07, 6.45) is 5.59. The number of carbonyl (C=O) groups excluding carboxylic acids is 2. The molecule has 1 aliphatic rings. The molecule has 1 saturated carbocycles. The first kappa shape index (κ1) is 22.4. The summed E-state index contributed by atoms with van der Waals surface area (Å²) in [6.45, 7) is 4.66. The summed E-state index contributed by atoms with van der Waals surface area (Å²) in [5.74, 6) is -1.01. The lowest BCUT2D eigenvalue weighted by Gasteiger charge is -2.22. The molecule has 0 unspecified atom stereocenters. The fourth-order valence-corrected chi connectivity index (χ4v) is 4.43. The Kier molecular flexibility index (Phi) is 8.44. The Balaban J connectivity index is 1.80. The van der Waals surface area contributed by atoms with Crippen LogP contribution in [0.25, 0.3) is 0 Å². The molecule has 2 amide bonds. The van der Waals surface area contributed by atoms with E-state index < -0.39 is 21.8 Å². The van der Waals surface area contributed by atoms with Gasteiger partial charge >= 0.3 is 11.8 Å². The SMILES string of the molecule is CC(C)CNC(=O)C(=O)NCCc1ccc(S(=O)(=O)NC2CCCCC2)cc1. The maximum absolute atomic E-state index is 12.5. The number of amides is 2. The van der Waals surface area contributed by atoms with Gasteiger partial charge in [0.25, 0.3) is 0 Å². The number of rotatable bonds is 8. The van der Waals surface area contributed by atoms with E-state index in [4.69, 9.17) is 0 Å². The Labute approximate surface area is 167 Å². The molecule has 0 aromatic heterocycles. The summed E-state index contributed by atoms with van der Waals surface area (Å²) in [5, 5.41) is 5.14. The van der Waals surface area contributed by atoms with Gasteiger partial charge < -0.3 is 10.6 Å². The van der Waals surface area contributed by atoms with Gasteiger partial charge in [0, 0.05) is 19.1 Å². The van der Waals surface area contributed by atoms with Gasteiger partial charge in [-0.3, -0.25) is 9.59 Å². The number of hydrogen-bond acceptors (Lipinski definition) is 4. The maximum atomic E-state index is 12.5. The molecule has 8 heteroatoms. The molecular formula is C20H31N3O4S. The first-order chi connectivity index (χ1) is 13.3.